The molecule has 0 N–H and O–H groups in total. The third-order valence-corrected chi connectivity index (χ3v) is 4.42. The third-order valence-electron chi connectivity index (χ3n) is 4.42. The van der Waals surface area contributed by atoms with Crippen LogP contribution in [-0.2, 0) is 16.0 Å². The standard InChI is InChI=1S/C19H18FN3O4/c20-14-5-3-13(4-6-14)16-12-23(9-11-26-16)18(24)8-7-17-21-19(22-27-17)15-2-1-10-25-15/h1-6,10,16H,7-9,11-12H2/t16-/m1/s1. The maximum atomic E-state index is 13.1. The number of amides is 1. The summed E-state index contributed by atoms with van der Waals surface area (Å²) in [6.45, 7) is 1.40. The summed E-state index contributed by atoms with van der Waals surface area (Å²) in [4.78, 5) is 18.5. The molecule has 8 heteroatoms. The zero-order valence-corrected chi connectivity index (χ0v) is 14.5. The summed E-state index contributed by atoms with van der Waals surface area (Å²) >= 11 is 0. The monoisotopic (exact) mass is 371 g/mol. The highest BCUT2D eigenvalue weighted by Crippen LogP contribution is 2.23. The molecule has 2 aromatic heterocycles. The molecule has 1 saturated heterocycles. The number of benzene rings is 1. The van der Waals surface area contributed by atoms with Gasteiger partial charge in [-0.15, -0.1) is 0 Å². The molecule has 3 heterocycles. The average molecular weight is 371 g/mol. The van der Waals surface area contributed by atoms with Crippen LogP contribution in [0.2, 0.25) is 0 Å². The predicted octanol–water partition coefficient (Wildman–Crippen LogP) is 3.00. The highest BCUT2D eigenvalue weighted by molar-refractivity contribution is 5.76. The lowest BCUT2D eigenvalue weighted by molar-refractivity contribution is -0.139. The number of nitrogens with zero attached hydrogens (tertiary/aromatic N) is 3. The Hall–Kier alpha value is -3.00. The van der Waals surface area contributed by atoms with Crippen molar-refractivity contribution in [1.29, 1.82) is 0 Å². The van der Waals surface area contributed by atoms with Gasteiger partial charge in [0.25, 0.3) is 0 Å². The lowest BCUT2D eigenvalue weighted by atomic mass is 10.1. The van der Waals surface area contributed by atoms with E-state index in [0.717, 1.165) is 5.56 Å². The molecule has 0 aliphatic carbocycles. The van der Waals surface area contributed by atoms with Gasteiger partial charge in [-0.2, -0.15) is 4.98 Å². The molecule has 1 amide bonds. The van der Waals surface area contributed by atoms with E-state index in [0.29, 0.717) is 43.6 Å². The number of aromatic nitrogens is 2. The van der Waals surface area contributed by atoms with Crippen LogP contribution in [0.4, 0.5) is 4.39 Å². The largest absolute Gasteiger partial charge is 0.461 e. The van der Waals surface area contributed by atoms with Crippen molar-refractivity contribution >= 4 is 5.91 Å². The van der Waals surface area contributed by atoms with E-state index in [1.165, 1.54) is 18.4 Å². The number of morpholine rings is 1. The first-order chi connectivity index (χ1) is 13.2. The Kier molecular flexibility index (Phi) is 4.97. The number of rotatable bonds is 5. The minimum Gasteiger partial charge on any atom is -0.461 e. The van der Waals surface area contributed by atoms with E-state index in [2.05, 4.69) is 10.1 Å². The molecule has 1 aliphatic rings. The second kappa shape index (κ2) is 7.71. The van der Waals surface area contributed by atoms with E-state index < -0.39 is 0 Å². The van der Waals surface area contributed by atoms with Gasteiger partial charge in [0.05, 0.1) is 19.4 Å². The number of hydrogen-bond donors (Lipinski definition) is 0. The summed E-state index contributed by atoms with van der Waals surface area (Å²) in [5.41, 5.74) is 0.855. The van der Waals surface area contributed by atoms with Gasteiger partial charge in [0.15, 0.2) is 5.76 Å². The molecule has 0 unspecified atom stereocenters. The second-order valence-electron chi connectivity index (χ2n) is 6.24. The van der Waals surface area contributed by atoms with Crippen LogP contribution >= 0.6 is 0 Å². The molecule has 1 fully saturated rings. The molecule has 0 saturated carbocycles. The Morgan fingerprint density at radius 3 is 2.89 bits per heavy atom. The average Bonchev–Trinajstić information content (AvgIpc) is 3.38. The van der Waals surface area contributed by atoms with E-state index in [9.17, 15) is 9.18 Å². The van der Waals surface area contributed by atoms with Crippen molar-refractivity contribution in [2.75, 3.05) is 19.7 Å². The Bertz CT molecular complexity index is 892. The highest BCUT2D eigenvalue weighted by Gasteiger charge is 2.25. The Morgan fingerprint density at radius 2 is 2.11 bits per heavy atom. The van der Waals surface area contributed by atoms with Gasteiger partial charge in [-0.3, -0.25) is 4.79 Å². The Morgan fingerprint density at radius 1 is 1.26 bits per heavy atom. The van der Waals surface area contributed by atoms with Crippen LogP contribution in [0, 0.1) is 5.82 Å². The fraction of sp³-hybridized carbons (Fsp3) is 0.316. The maximum absolute atomic E-state index is 13.1. The highest BCUT2D eigenvalue weighted by atomic mass is 19.1. The smallest absolute Gasteiger partial charge is 0.238 e. The van der Waals surface area contributed by atoms with Crippen LogP contribution in [0.15, 0.2) is 51.6 Å². The first kappa shape index (κ1) is 17.4. The summed E-state index contributed by atoms with van der Waals surface area (Å²) in [5.74, 6) is 0.967. The number of furan rings is 1. The molecular formula is C19H18FN3O4. The fourth-order valence-electron chi connectivity index (χ4n) is 2.99. The minimum atomic E-state index is -0.295. The van der Waals surface area contributed by atoms with E-state index in [1.807, 2.05) is 0 Å². The van der Waals surface area contributed by atoms with E-state index in [1.54, 1.807) is 29.2 Å². The molecular weight excluding hydrogens is 353 g/mol. The summed E-state index contributed by atoms with van der Waals surface area (Å²) in [5, 5.41) is 3.85. The van der Waals surface area contributed by atoms with Crippen molar-refractivity contribution in [3.8, 4) is 11.6 Å². The van der Waals surface area contributed by atoms with Crippen LogP contribution in [0.3, 0.4) is 0 Å². The Balaban J connectivity index is 1.33. The molecule has 4 rings (SSSR count). The number of ether oxygens (including phenoxy) is 1. The summed E-state index contributed by atoms with van der Waals surface area (Å²) in [6.07, 6.45) is 1.89. The number of halogens is 1. The van der Waals surface area contributed by atoms with Gasteiger partial charge in [-0.05, 0) is 29.8 Å². The first-order valence-electron chi connectivity index (χ1n) is 8.70. The van der Waals surface area contributed by atoms with E-state index >= 15 is 0 Å². The number of carbonyl (C=O) groups is 1. The number of carbonyl (C=O) groups excluding carboxylic acids is 1. The SMILES string of the molecule is O=C(CCc1nc(-c2ccco2)no1)N1CCO[C@@H](c2ccc(F)cc2)C1. The zero-order valence-electron chi connectivity index (χ0n) is 14.5. The molecule has 7 nitrogen and oxygen atoms in total. The Labute approximate surface area is 154 Å². The number of aryl methyl sites for hydroxylation is 1. The molecule has 0 spiro atoms. The van der Waals surface area contributed by atoms with Crippen LogP contribution in [0.1, 0.15) is 24.0 Å². The minimum absolute atomic E-state index is 0.0110. The third kappa shape index (κ3) is 4.06. The molecule has 27 heavy (non-hydrogen) atoms. The van der Waals surface area contributed by atoms with Crippen LogP contribution in [0.25, 0.3) is 11.6 Å². The van der Waals surface area contributed by atoms with Gasteiger partial charge in [-0.25, -0.2) is 4.39 Å². The number of hydrogen-bond acceptors (Lipinski definition) is 6. The molecule has 1 aromatic carbocycles. The lowest BCUT2D eigenvalue weighted by Crippen LogP contribution is -2.42. The van der Waals surface area contributed by atoms with Gasteiger partial charge in [0.1, 0.15) is 11.9 Å². The van der Waals surface area contributed by atoms with Crippen molar-refractivity contribution in [3.63, 3.8) is 0 Å². The van der Waals surface area contributed by atoms with Crippen molar-refractivity contribution < 1.29 is 22.9 Å². The normalized spacial score (nSPS) is 17.2. The van der Waals surface area contributed by atoms with Crippen molar-refractivity contribution in [2.45, 2.75) is 18.9 Å². The van der Waals surface area contributed by atoms with Gasteiger partial charge >= 0.3 is 0 Å². The van der Waals surface area contributed by atoms with Crippen LogP contribution in [-0.4, -0.2) is 40.6 Å². The van der Waals surface area contributed by atoms with Crippen LogP contribution in [0.5, 0.6) is 0 Å². The first-order valence-corrected chi connectivity index (χ1v) is 8.70. The molecule has 3 aromatic rings. The second-order valence-corrected chi connectivity index (χ2v) is 6.24. The van der Waals surface area contributed by atoms with Crippen molar-refractivity contribution in [1.82, 2.24) is 15.0 Å². The van der Waals surface area contributed by atoms with Gasteiger partial charge < -0.3 is 18.6 Å². The zero-order chi connectivity index (χ0) is 18.6. The molecule has 1 aliphatic heterocycles. The molecule has 0 bridgehead atoms. The predicted molar refractivity (Wildman–Crippen MR) is 92.0 cm³/mol. The fourth-order valence-corrected chi connectivity index (χ4v) is 2.99. The quantitative estimate of drug-likeness (QED) is 0.686. The topological polar surface area (TPSA) is 81.6 Å². The van der Waals surface area contributed by atoms with E-state index in [-0.39, 0.29) is 24.2 Å². The van der Waals surface area contributed by atoms with Crippen LogP contribution < -0.4 is 0 Å². The summed E-state index contributed by atoms with van der Waals surface area (Å²) < 4.78 is 29.2. The molecule has 1 atom stereocenters. The lowest BCUT2D eigenvalue weighted by Gasteiger charge is -2.33. The van der Waals surface area contributed by atoms with Crippen molar-refractivity contribution in [2.24, 2.45) is 0 Å². The van der Waals surface area contributed by atoms with Crippen molar-refractivity contribution in [3.05, 3.63) is 59.9 Å². The van der Waals surface area contributed by atoms with Gasteiger partial charge in [0.2, 0.25) is 17.6 Å². The molecule has 0 radical (unpaired) electrons. The van der Waals surface area contributed by atoms with E-state index in [4.69, 9.17) is 13.7 Å². The maximum Gasteiger partial charge on any atom is 0.238 e. The summed E-state index contributed by atoms with van der Waals surface area (Å²) in [7, 11) is 0. The van der Waals surface area contributed by atoms with Gasteiger partial charge in [0, 0.05) is 19.4 Å². The van der Waals surface area contributed by atoms with Gasteiger partial charge in [-0.1, -0.05) is 17.3 Å². The summed E-state index contributed by atoms with van der Waals surface area (Å²) in [6, 6.07) is 9.64. The molecule has 140 valence electrons.